The maximum Gasteiger partial charge on any atom is 0.282 e. The van der Waals surface area contributed by atoms with Gasteiger partial charge in [-0.3, -0.25) is 9.59 Å². The van der Waals surface area contributed by atoms with Crippen molar-refractivity contribution in [3.63, 3.8) is 0 Å². The molecule has 0 saturated carbocycles. The molecule has 0 aliphatic carbocycles. The monoisotopic (exact) mass is 408 g/mol. The number of benzene rings is 2. The second-order valence-electron chi connectivity index (χ2n) is 8.66. The van der Waals surface area contributed by atoms with E-state index in [9.17, 15) is 9.59 Å². The molecule has 6 nitrogen and oxygen atoms in total. The highest BCUT2D eigenvalue weighted by Crippen LogP contribution is 2.31. The van der Waals surface area contributed by atoms with Crippen LogP contribution in [0.5, 0.6) is 0 Å². The van der Waals surface area contributed by atoms with Crippen molar-refractivity contribution in [1.29, 1.82) is 0 Å². The molecule has 2 aliphatic rings. The van der Waals surface area contributed by atoms with Crippen LogP contribution in [0.2, 0.25) is 0 Å². The van der Waals surface area contributed by atoms with Crippen molar-refractivity contribution < 1.29 is 19.4 Å². The summed E-state index contributed by atoms with van der Waals surface area (Å²) < 4.78 is 0. The summed E-state index contributed by atoms with van der Waals surface area (Å²) in [6.07, 6.45) is 0.324. The van der Waals surface area contributed by atoms with Crippen molar-refractivity contribution >= 4 is 23.2 Å². The smallest absolute Gasteiger partial charge is 0.282 e. The van der Waals surface area contributed by atoms with Gasteiger partial charge in [0.1, 0.15) is 32.7 Å². The number of nitrogens with zero attached hydrogens (tertiary/aromatic N) is 1. The molecule has 1 atom stereocenters. The van der Waals surface area contributed by atoms with E-state index >= 15 is 0 Å². The van der Waals surface area contributed by atoms with E-state index in [4.69, 9.17) is 0 Å². The summed E-state index contributed by atoms with van der Waals surface area (Å²) >= 11 is 0. The zero-order chi connectivity index (χ0) is 21.1. The van der Waals surface area contributed by atoms with E-state index < -0.39 is 0 Å². The number of hydrogen-bond donors (Lipinski definition) is 3. The van der Waals surface area contributed by atoms with E-state index in [-0.39, 0.29) is 17.9 Å². The lowest BCUT2D eigenvalue weighted by Gasteiger charge is -2.32. The number of rotatable bonds is 4. The third-order valence-corrected chi connectivity index (χ3v) is 6.40. The molecule has 0 radical (unpaired) electrons. The molecule has 1 saturated heterocycles. The van der Waals surface area contributed by atoms with Gasteiger partial charge in [-0.2, -0.15) is 0 Å². The van der Waals surface area contributed by atoms with Crippen molar-refractivity contribution in [3.05, 3.63) is 59.7 Å². The van der Waals surface area contributed by atoms with Crippen LogP contribution in [0.15, 0.2) is 48.5 Å². The molecule has 0 unspecified atom stereocenters. The predicted molar refractivity (Wildman–Crippen MR) is 118 cm³/mol. The summed E-state index contributed by atoms with van der Waals surface area (Å²) in [4.78, 5) is 30.2. The highest BCUT2D eigenvalue weighted by molar-refractivity contribution is 6.04. The van der Waals surface area contributed by atoms with Crippen LogP contribution in [0.3, 0.4) is 0 Å². The molecule has 3 N–H and O–H groups in total. The number of anilines is 2. The van der Waals surface area contributed by atoms with E-state index in [0.717, 1.165) is 44.1 Å². The minimum absolute atomic E-state index is 0.0361. The normalized spacial score (nSPS) is 24.0. The Bertz CT molecular complexity index is 921. The van der Waals surface area contributed by atoms with Gasteiger partial charge in [0.15, 0.2) is 6.54 Å². The van der Waals surface area contributed by atoms with Gasteiger partial charge in [-0.15, -0.1) is 0 Å². The lowest BCUT2D eigenvalue weighted by Crippen LogP contribution is -3.28. The molecular formula is C24H32N4O2+2. The Labute approximate surface area is 178 Å². The van der Waals surface area contributed by atoms with Crippen LogP contribution < -0.4 is 20.0 Å². The minimum atomic E-state index is -0.145. The molecule has 1 fully saturated rings. The molecule has 2 aromatic rings. The van der Waals surface area contributed by atoms with Crippen LogP contribution in [-0.2, 0) is 16.1 Å². The molecule has 0 spiro atoms. The van der Waals surface area contributed by atoms with Crippen LogP contribution in [0.4, 0.5) is 11.4 Å². The van der Waals surface area contributed by atoms with Crippen LogP contribution in [-0.4, -0.2) is 50.6 Å². The fourth-order valence-electron chi connectivity index (χ4n) is 4.66. The second-order valence-corrected chi connectivity index (χ2v) is 8.66. The number of nitrogens with one attached hydrogen (secondary N) is 3. The number of quaternary nitrogens is 2. The lowest BCUT2D eigenvalue weighted by atomic mass is 10.1. The highest BCUT2D eigenvalue weighted by Gasteiger charge is 2.33. The van der Waals surface area contributed by atoms with Gasteiger partial charge in [-0.1, -0.05) is 36.4 Å². The van der Waals surface area contributed by atoms with Crippen molar-refractivity contribution in [2.45, 2.75) is 32.9 Å². The summed E-state index contributed by atoms with van der Waals surface area (Å²) in [6, 6.07) is 16.1. The van der Waals surface area contributed by atoms with Crippen molar-refractivity contribution in [2.75, 3.05) is 42.9 Å². The maximum absolute atomic E-state index is 13.3. The number of piperazine rings is 1. The van der Waals surface area contributed by atoms with Gasteiger partial charge in [0.25, 0.3) is 5.91 Å². The van der Waals surface area contributed by atoms with Gasteiger partial charge in [0.05, 0.1) is 11.4 Å². The Balaban J connectivity index is 1.38. The molecule has 158 valence electrons. The molecule has 0 aromatic heterocycles. The Morgan fingerprint density at radius 3 is 2.47 bits per heavy atom. The molecule has 6 heteroatoms. The van der Waals surface area contributed by atoms with Crippen LogP contribution in [0.25, 0.3) is 0 Å². The summed E-state index contributed by atoms with van der Waals surface area (Å²) in [5, 5.41) is 2.93. The first-order chi connectivity index (χ1) is 14.5. The zero-order valence-electron chi connectivity index (χ0n) is 17.9. The van der Waals surface area contributed by atoms with Crippen molar-refractivity contribution in [2.24, 2.45) is 0 Å². The summed E-state index contributed by atoms with van der Waals surface area (Å²) in [5.74, 6) is 0.0646. The Kier molecular flexibility index (Phi) is 6.16. The molecule has 30 heavy (non-hydrogen) atoms. The molecule has 2 heterocycles. The number of para-hydroxylation sites is 2. The van der Waals surface area contributed by atoms with Gasteiger partial charge in [0.2, 0.25) is 5.91 Å². The average Bonchev–Trinajstić information content (AvgIpc) is 2.85. The molecule has 4 rings (SSSR count). The number of hydrogen-bond acceptors (Lipinski definition) is 2. The summed E-state index contributed by atoms with van der Waals surface area (Å²) in [7, 11) is 0. The van der Waals surface area contributed by atoms with Gasteiger partial charge < -0.3 is 20.0 Å². The Morgan fingerprint density at radius 2 is 1.70 bits per heavy atom. The minimum Gasteiger partial charge on any atom is -0.324 e. The first-order valence-corrected chi connectivity index (χ1v) is 10.9. The SMILES string of the molecule is Cc1ccccc1C[NH+]1CC[NH+](CC(=O)N2c3ccccc3NC(=O)C[C@H]2C)CC1. The number of amides is 2. The van der Waals surface area contributed by atoms with Crippen LogP contribution >= 0.6 is 0 Å². The second kappa shape index (κ2) is 8.98. The average molecular weight is 409 g/mol. The Hall–Kier alpha value is -2.70. The van der Waals surface area contributed by atoms with Crippen molar-refractivity contribution in [1.82, 2.24) is 0 Å². The molecular weight excluding hydrogens is 376 g/mol. The van der Waals surface area contributed by atoms with Crippen LogP contribution in [0.1, 0.15) is 24.5 Å². The fraction of sp³-hybridized carbons (Fsp3) is 0.417. The third kappa shape index (κ3) is 4.55. The number of aryl methyl sites for hydroxylation is 1. The Morgan fingerprint density at radius 1 is 1.03 bits per heavy atom. The lowest BCUT2D eigenvalue weighted by molar-refractivity contribution is -1.02. The van der Waals surface area contributed by atoms with Gasteiger partial charge in [-0.05, 0) is 31.5 Å². The maximum atomic E-state index is 13.3. The molecule has 0 bridgehead atoms. The van der Waals surface area contributed by atoms with Crippen molar-refractivity contribution in [3.8, 4) is 0 Å². The van der Waals surface area contributed by atoms with Gasteiger partial charge in [-0.25, -0.2) is 0 Å². The summed E-state index contributed by atoms with van der Waals surface area (Å²) in [5.41, 5.74) is 4.30. The fourth-order valence-corrected chi connectivity index (χ4v) is 4.66. The number of carbonyl (C=O) groups is 2. The van der Waals surface area contributed by atoms with Gasteiger partial charge in [0, 0.05) is 18.0 Å². The quantitative estimate of drug-likeness (QED) is 0.669. The highest BCUT2D eigenvalue weighted by atomic mass is 16.2. The summed E-state index contributed by atoms with van der Waals surface area (Å²) in [6.45, 7) is 9.80. The topological polar surface area (TPSA) is 58.3 Å². The predicted octanol–water partition coefficient (Wildman–Crippen LogP) is 0.0423. The van der Waals surface area contributed by atoms with E-state index in [1.54, 1.807) is 4.90 Å². The van der Waals surface area contributed by atoms with Crippen LogP contribution in [0, 0.1) is 6.92 Å². The van der Waals surface area contributed by atoms with E-state index in [0.29, 0.717) is 13.0 Å². The van der Waals surface area contributed by atoms with E-state index in [1.165, 1.54) is 16.0 Å². The molecule has 2 amide bonds. The zero-order valence-corrected chi connectivity index (χ0v) is 17.9. The standard InChI is InChI=1S/C24H30N4O2/c1-18-7-3-4-8-20(18)16-26-11-13-27(14-12-26)17-24(30)28-19(2)15-23(29)25-21-9-5-6-10-22(21)28/h3-10,19H,11-17H2,1-2H3,(H,25,29)/p+2/t19-/m1/s1. The third-order valence-electron chi connectivity index (χ3n) is 6.40. The first-order valence-electron chi connectivity index (χ1n) is 10.9. The first kappa shape index (κ1) is 20.6. The number of fused-ring (bicyclic) bond motifs is 1. The largest absolute Gasteiger partial charge is 0.324 e. The van der Waals surface area contributed by atoms with E-state index in [2.05, 4.69) is 36.5 Å². The molecule has 2 aliphatic heterocycles. The molecule has 2 aromatic carbocycles. The van der Waals surface area contributed by atoms with Gasteiger partial charge >= 0.3 is 0 Å². The van der Waals surface area contributed by atoms with E-state index in [1.807, 2.05) is 36.1 Å². The number of carbonyl (C=O) groups excluding carboxylic acids is 2.